The molecule has 0 saturated carbocycles. The maximum absolute atomic E-state index is 14.7. The summed E-state index contributed by atoms with van der Waals surface area (Å²) in [4.78, 5) is 43.4. The van der Waals surface area contributed by atoms with Gasteiger partial charge >= 0.3 is 5.97 Å². The molecule has 11 nitrogen and oxygen atoms in total. The number of esters is 1. The first-order valence-corrected chi connectivity index (χ1v) is 14.7. The van der Waals surface area contributed by atoms with Crippen molar-refractivity contribution in [2.75, 3.05) is 19.5 Å². The highest BCUT2D eigenvalue weighted by atomic mass is 35.5. The van der Waals surface area contributed by atoms with Crippen LogP contribution in [0.5, 0.6) is 5.88 Å². The number of carbonyl (C=O) groups excluding carboxylic acids is 3. The minimum absolute atomic E-state index is 0.0137. The van der Waals surface area contributed by atoms with Gasteiger partial charge < -0.3 is 20.1 Å². The number of nitrogens with one attached hydrogen (secondary N) is 2. The van der Waals surface area contributed by atoms with E-state index in [0.29, 0.717) is 58.9 Å². The maximum atomic E-state index is 14.7. The summed E-state index contributed by atoms with van der Waals surface area (Å²) < 4.78 is 26.3. The van der Waals surface area contributed by atoms with E-state index < -0.39 is 23.7 Å². The number of fused-ring (bicyclic) bond motifs is 4. The molecule has 0 spiro atoms. The molecule has 45 heavy (non-hydrogen) atoms. The lowest BCUT2D eigenvalue weighted by Gasteiger charge is -2.23. The molecule has 1 aliphatic heterocycles. The topological polar surface area (TPSA) is 137 Å². The predicted octanol–water partition coefficient (Wildman–Crippen LogP) is 5.38. The van der Waals surface area contributed by atoms with Crippen LogP contribution in [-0.2, 0) is 20.7 Å². The molecule has 1 aliphatic rings. The van der Waals surface area contributed by atoms with Crippen LogP contribution in [0.25, 0.3) is 16.8 Å². The second kappa shape index (κ2) is 13.4. The minimum Gasteiger partial charge on any atom is -0.481 e. The summed E-state index contributed by atoms with van der Waals surface area (Å²) in [6.45, 7) is 3.45. The van der Waals surface area contributed by atoms with Gasteiger partial charge in [-0.3, -0.25) is 14.4 Å². The van der Waals surface area contributed by atoms with Crippen LogP contribution in [-0.4, -0.2) is 52.0 Å². The number of benzene rings is 2. The van der Waals surface area contributed by atoms with E-state index in [0.717, 1.165) is 0 Å². The molecule has 4 aromatic rings. The van der Waals surface area contributed by atoms with Gasteiger partial charge in [-0.05, 0) is 55.2 Å². The minimum atomic E-state index is -0.678. The highest BCUT2D eigenvalue weighted by Crippen LogP contribution is 2.35. The smallest absolute Gasteiger partial charge is 0.309 e. The summed E-state index contributed by atoms with van der Waals surface area (Å²) in [5.41, 5.74) is 3.50. The van der Waals surface area contributed by atoms with Crippen LogP contribution < -0.4 is 15.4 Å². The van der Waals surface area contributed by atoms with Crippen LogP contribution >= 0.6 is 11.6 Å². The fourth-order valence-corrected chi connectivity index (χ4v) is 5.39. The second-order valence-corrected chi connectivity index (χ2v) is 11.2. The van der Waals surface area contributed by atoms with E-state index in [9.17, 15) is 18.8 Å². The number of nitrogens with zero attached hydrogens (tertiary/aromatic N) is 4. The Morgan fingerprint density at radius 3 is 2.71 bits per heavy atom. The molecule has 0 fully saturated rings. The highest BCUT2D eigenvalue weighted by Gasteiger charge is 2.26. The summed E-state index contributed by atoms with van der Waals surface area (Å²) in [6.07, 6.45) is 1.63. The average molecular weight is 635 g/mol. The zero-order valence-electron chi connectivity index (χ0n) is 25.2. The average Bonchev–Trinajstić information content (AvgIpc) is 3.41. The predicted molar refractivity (Wildman–Crippen MR) is 165 cm³/mol. The van der Waals surface area contributed by atoms with Crippen LogP contribution in [0, 0.1) is 18.7 Å². The highest BCUT2D eigenvalue weighted by molar-refractivity contribution is 6.30. The molecule has 5 rings (SSSR count). The standard InChI is InChI=1S/C32H32ClFN6O5/c1-17-7-5-9-23(36-32(43)30-18(2)40(39-38-30)26-10-6-8-22(33)29(26)34)25-15-20(16-27(35-25)44-3)21-12-11-19(14-28(41)45-4)13-24(21)37-31(17)42/h6,8,10-13,15-17,23H,5,7,9,14H2,1-4H3,(H,36,43)(H,37,42)/t17-,23-/m0/s1. The number of aromatic nitrogens is 4. The molecule has 0 aliphatic carbocycles. The molecule has 2 amide bonds. The number of hydrogen-bond acceptors (Lipinski definition) is 8. The van der Waals surface area contributed by atoms with Crippen molar-refractivity contribution in [2.45, 2.75) is 45.6 Å². The van der Waals surface area contributed by atoms with Gasteiger partial charge in [-0.25, -0.2) is 14.1 Å². The van der Waals surface area contributed by atoms with E-state index in [1.165, 1.54) is 31.0 Å². The van der Waals surface area contributed by atoms with E-state index in [1.807, 2.05) is 19.1 Å². The summed E-state index contributed by atoms with van der Waals surface area (Å²) in [6, 6.07) is 12.8. The zero-order chi connectivity index (χ0) is 32.2. The Morgan fingerprint density at radius 1 is 1.16 bits per heavy atom. The first-order valence-electron chi connectivity index (χ1n) is 14.3. The van der Waals surface area contributed by atoms with Gasteiger partial charge in [0.05, 0.1) is 43.1 Å². The largest absolute Gasteiger partial charge is 0.481 e. The summed E-state index contributed by atoms with van der Waals surface area (Å²) in [7, 11) is 2.81. The molecule has 2 aromatic heterocycles. The van der Waals surface area contributed by atoms with Crippen molar-refractivity contribution >= 4 is 35.1 Å². The molecule has 0 radical (unpaired) electrons. The van der Waals surface area contributed by atoms with E-state index in [-0.39, 0.29) is 34.6 Å². The zero-order valence-corrected chi connectivity index (χ0v) is 25.9. The third-order valence-corrected chi connectivity index (χ3v) is 8.06. The number of hydrogen-bond donors (Lipinski definition) is 2. The normalized spacial score (nSPS) is 16.4. The van der Waals surface area contributed by atoms with Gasteiger partial charge in [-0.2, -0.15) is 0 Å². The third-order valence-electron chi connectivity index (χ3n) is 7.77. The van der Waals surface area contributed by atoms with Crippen molar-refractivity contribution in [3.8, 4) is 22.7 Å². The molecule has 13 heteroatoms. The number of rotatable bonds is 6. The van der Waals surface area contributed by atoms with Gasteiger partial charge in [0.1, 0.15) is 5.69 Å². The molecular formula is C32H32ClFN6O5. The maximum Gasteiger partial charge on any atom is 0.309 e. The SMILES string of the molecule is COC(=O)Cc1ccc2c(c1)NC(=O)[C@@H](C)CCC[C@H](NC(=O)c1nnn(-c3cccc(Cl)c3F)c1C)c1cc-2cc(OC)n1. The van der Waals surface area contributed by atoms with Gasteiger partial charge in [-0.15, -0.1) is 5.10 Å². The number of amides is 2. The number of ether oxygens (including phenoxy) is 2. The molecule has 2 atom stereocenters. The van der Waals surface area contributed by atoms with Crippen molar-refractivity contribution in [3.63, 3.8) is 0 Å². The summed E-state index contributed by atoms with van der Waals surface area (Å²) >= 11 is 5.95. The van der Waals surface area contributed by atoms with Crippen molar-refractivity contribution in [3.05, 3.63) is 82.0 Å². The van der Waals surface area contributed by atoms with Gasteiger partial charge in [0, 0.05) is 23.2 Å². The van der Waals surface area contributed by atoms with Crippen LogP contribution in [0.4, 0.5) is 10.1 Å². The van der Waals surface area contributed by atoms with Crippen LogP contribution in [0.1, 0.15) is 59.7 Å². The molecule has 2 bridgehead atoms. The molecule has 2 aromatic carbocycles. The van der Waals surface area contributed by atoms with E-state index >= 15 is 0 Å². The second-order valence-electron chi connectivity index (χ2n) is 10.8. The van der Waals surface area contributed by atoms with Crippen molar-refractivity contribution < 1.29 is 28.2 Å². The van der Waals surface area contributed by atoms with Gasteiger partial charge in [0.25, 0.3) is 5.91 Å². The first kappa shape index (κ1) is 31.6. The Balaban J connectivity index is 1.53. The Kier molecular flexibility index (Phi) is 9.43. The summed E-state index contributed by atoms with van der Waals surface area (Å²) in [5, 5.41) is 14.0. The van der Waals surface area contributed by atoms with Crippen LogP contribution in [0.3, 0.4) is 0 Å². The molecular weight excluding hydrogens is 603 g/mol. The van der Waals surface area contributed by atoms with E-state index in [4.69, 9.17) is 21.1 Å². The number of carbonyl (C=O) groups is 3. The molecule has 0 saturated heterocycles. The number of halogens is 2. The van der Waals surface area contributed by atoms with Gasteiger partial charge in [-0.1, -0.05) is 48.4 Å². The van der Waals surface area contributed by atoms with Crippen molar-refractivity contribution in [2.24, 2.45) is 5.92 Å². The van der Waals surface area contributed by atoms with Crippen LogP contribution in [0.2, 0.25) is 5.02 Å². The van der Waals surface area contributed by atoms with Gasteiger partial charge in [0.2, 0.25) is 11.8 Å². The molecule has 2 N–H and O–H groups in total. The molecule has 0 unspecified atom stereocenters. The lowest BCUT2D eigenvalue weighted by molar-refractivity contribution is -0.139. The third kappa shape index (κ3) is 6.80. The number of methoxy groups -OCH3 is 2. The van der Waals surface area contributed by atoms with Gasteiger partial charge in [0.15, 0.2) is 11.5 Å². The quantitative estimate of drug-likeness (QED) is 0.270. The molecule has 3 heterocycles. The Labute approximate surface area is 264 Å². The number of anilines is 1. The number of pyridine rings is 1. The Hall–Kier alpha value is -4.84. The fraction of sp³-hybridized carbons (Fsp3) is 0.312. The summed E-state index contributed by atoms with van der Waals surface area (Å²) in [5.74, 6) is -1.81. The van der Waals surface area contributed by atoms with Crippen molar-refractivity contribution in [1.82, 2.24) is 25.3 Å². The Morgan fingerprint density at radius 2 is 1.96 bits per heavy atom. The van der Waals surface area contributed by atoms with E-state index in [2.05, 4.69) is 25.9 Å². The lowest BCUT2D eigenvalue weighted by Crippen LogP contribution is -2.30. The molecule has 234 valence electrons. The van der Waals surface area contributed by atoms with Crippen molar-refractivity contribution in [1.29, 1.82) is 0 Å². The van der Waals surface area contributed by atoms with Crippen LogP contribution in [0.15, 0.2) is 48.5 Å². The monoisotopic (exact) mass is 634 g/mol. The fourth-order valence-electron chi connectivity index (χ4n) is 5.22. The first-order chi connectivity index (χ1) is 21.6. The lowest BCUT2D eigenvalue weighted by atomic mass is 9.94. The Bertz CT molecular complexity index is 1780. The van der Waals surface area contributed by atoms with E-state index in [1.54, 1.807) is 31.2 Å².